The Bertz CT molecular complexity index is 283. The van der Waals surface area contributed by atoms with Crippen LogP contribution in [0.15, 0.2) is 17.5 Å². The van der Waals surface area contributed by atoms with Crippen molar-refractivity contribution >= 4 is 43.2 Å². The molecule has 110 valence electrons. The predicted octanol–water partition coefficient (Wildman–Crippen LogP) is 7.31. The molecule has 1 aromatic heterocycles. The molecule has 1 aromatic rings. The van der Waals surface area contributed by atoms with E-state index in [9.17, 15) is 0 Å². The molecule has 0 spiro atoms. The first-order chi connectivity index (χ1) is 9.29. The first-order valence-corrected chi connectivity index (χ1v) is 10.3. The fourth-order valence-corrected chi connectivity index (χ4v) is 3.69. The van der Waals surface area contributed by atoms with Gasteiger partial charge in [-0.2, -0.15) is 0 Å². The molecule has 0 bridgehead atoms. The van der Waals surface area contributed by atoms with Gasteiger partial charge in [0.25, 0.3) is 0 Å². The van der Waals surface area contributed by atoms with Crippen LogP contribution in [0, 0.1) is 0 Å². The highest BCUT2D eigenvalue weighted by molar-refractivity contribution is 9.24. The number of unbranched alkanes of at least 4 members (excludes halogenated alkanes) is 8. The van der Waals surface area contributed by atoms with E-state index in [4.69, 9.17) is 0 Å². The molecular weight excluding hydrogens is 384 g/mol. The summed E-state index contributed by atoms with van der Waals surface area (Å²) >= 11 is 8.95. The molecule has 0 saturated heterocycles. The molecule has 0 aliphatic heterocycles. The standard InChI is InChI=1S/C16H26Br2S/c17-16(18)13-9-7-5-3-1-2-4-6-8-11-15-12-10-14-19-15/h10,12,14,16H,1-9,11,13H2. The van der Waals surface area contributed by atoms with Crippen molar-refractivity contribution in [3.8, 4) is 0 Å². The third kappa shape index (κ3) is 11.0. The van der Waals surface area contributed by atoms with E-state index < -0.39 is 0 Å². The highest BCUT2D eigenvalue weighted by Crippen LogP contribution is 2.18. The van der Waals surface area contributed by atoms with E-state index in [2.05, 4.69) is 49.4 Å². The first kappa shape index (κ1) is 17.7. The largest absolute Gasteiger partial charge is 0.149 e. The van der Waals surface area contributed by atoms with E-state index >= 15 is 0 Å². The molecule has 1 rings (SSSR count). The lowest BCUT2D eigenvalue weighted by atomic mass is 10.1. The summed E-state index contributed by atoms with van der Waals surface area (Å²) in [5, 5.41) is 2.18. The van der Waals surface area contributed by atoms with Crippen LogP contribution in [0.2, 0.25) is 0 Å². The van der Waals surface area contributed by atoms with Crippen LogP contribution in [0.5, 0.6) is 0 Å². The Labute approximate surface area is 139 Å². The Kier molecular flexibility index (Phi) is 11.6. The van der Waals surface area contributed by atoms with Crippen LogP contribution in [0.4, 0.5) is 0 Å². The van der Waals surface area contributed by atoms with Gasteiger partial charge in [0.05, 0.1) is 3.74 Å². The minimum absolute atomic E-state index is 0.517. The highest BCUT2D eigenvalue weighted by atomic mass is 79.9. The normalized spacial score (nSPS) is 11.3. The zero-order valence-corrected chi connectivity index (χ0v) is 15.7. The van der Waals surface area contributed by atoms with Crippen molar-refractivity contribution in [2.75, 3.05) is 0 Å². The van der Waals surface area contributed by atoms with Crippen molar-refractivity contribution in [2.45, 2.75) is 74.4 Å². The highest BCUT2D eigenvalue weighted by Gasteiger charge is 1.98. The minimum atomic E-state index is 0.517. The fourth-order valence-electron chi connectivity index (χ4n) is 2.29. The first-order valence-electron chi connectivity index (χ1n) is 7.59. The molecule has 0 saturated carbocycles. The summed E-state index contributed by atoms with van der Waals surface area (Å²) in [7, 11) is 0. The van der Waals surface area contributed by atoms with Crippen LogP contribution in [-0.4, -0.2) is 3.74 Å². The number of alkyl halides is 2. The average molecular weight is 410 g/mol. The van der Waals surface area contributed by atoms with Gasteiger partial charge in [-0.1, -0.05) is 89.3 Å². The quantitative estimate of drug-likeness (QED) is 0.250. The molecule has 0 amide bonds. The monoisotopic (exact) mass is 408 g/mol. The van der Waals surface area contributed by atoms with Gasteiger partial charge in [0.2, 0.25) is 0 Å². The number of hydrogen-bond acceptors (Lipinski definition) is 1. The van der Waals surface area contributed by atoms with Gasteiger partial charge in [-0.3, -0.25) is 0 Å². The Hall–Kier alpha value is 0.660. The lowest BCUT2D eigenvalue weighted by Gasteiger charge is -2.03. The Morgan fingerprint density at radius 1 is 0.842 bits per heavy atom. The summed E-state index contributed by atoms with van der Waals surface area (Å²) in [5.74, 6) is 0. The lowest BCUT2D eigenvalue weighted by Crippen LogP contribution is -1.86. The maximum absolute atomic E-state index is 3.52. The third-order valence-electron chi connectivity index (χ3n) is 3.43. The molecule has 0 aliphatic carbocycles. The second-order valence-corrected chi connectivity index (χ2v) is 9.66. The van der Waals surface area contributed by atoms with E-state index in [0.29, 0.717) is 3.74 Å². The van der Waals surface area contributed by atoms with Crippen LogP contribution in [0.3, 0.4) is 0 Å². The summed E-state index contributed by atoms with van der Waals surface area (Å²) in [6, 6.07) is 4.42. The Morgan fingerprint density at radius 3 is 1.95 bits per heavy atom. The van der Waals surface area contributed by atoms with E-state index in [1.807, 2.05) is 11.3 Å². The summed E-state index contributed by atoms with van der Waals surface area (Å²) in [4.78, 5) is 1.55. The smallest absolute Gasteiger partial charge is 0.0697 e. The SMILES string of the molecule is BrC(Br)CCCCCCCCCCCc1cccs1. The Morgan fingerprint density at radius 2 is 1.42 bits per heavy atom. The van der Waals surface area contributed by atoms with Crippen molar-refractivity contribution < 1.29 is 0 Å². The Balaban J connectivity index is 1.74. The zero-order valence-electron chi connectivity index (χ0n) is 11.8. The third-order valence-corrected chi connectivity index (χ3v) is 5.28. The van der Waals surface area contributed by atoms with Crippen molar-refractivity contribution in [2.24, 2.45) is 0 Å². The van der Waals surface area contributed by atoms with Crippen molar-refractivity contribution in [1.29, 1.82) is 0 Å². The summed E-state index contributed by atoms with van der Waals surface area (Å²) in [5.41, 5.74) is 0. The van der Waals surface area contributed by atoms with Gasteiger partial charge < -0.3 is 0 Å². The topological polar surface area (TPSA) is 0 Å². The maximum Gasteiger partial charge on any atom is 0.0697 e. The molecule has 0 N–H and O–H groups in total. The molecule has 19 heavy (non-hydrogen) atoms. The molecule has 1 heterocycles. The van der Waals surface area contributed by atoms with E-state index in [-0.39, 0.29) is 0 Å². The number of hydrogen-bond donors (Lipinski definition) is 0. The van der Waals surface area contributed by atoms with Crippen LogP contribution in [-0.2, 0) is 6.42 Å². The molecule has 3 heteroatoms. The van der Waals surface area contributed by atoms with Gasteiger partial charge in [0, 0.05) is 4.88 Å². The van der Waals surface area contributed by atoms with Crippen LogP contribution in [0.1, 0.15) is 69.1 Å². The molecule has 0 fully saturated rings. The number of thiophene rings is 1. The molecular formula is C16H26Br2S. The van der Waals surface area contributed by atoms with E-state index in [1.165, 1.54) is 70.6 Å². The predicted molar refractivity (Wildman–Crippen MR) is 95.8 cm³/mol. The molecule has 0 atom stereocenters. The van der Waals surface area contributed by atoms with Crippen molar-refractivity contribution in [3.63, 3.8) is 0 Å². The average Bonchev–Trinajstić information content (AvgIpc) is 2.88. The summed E-state index contributed by atoms with van der Waals surface area (Å²) < 4.78 is 0.517. The zero-order chi connectivity index (χ0) is 13.8. The van der Waals surface area contributed by atoms with Gasteiger partial charge in [-0.05, 0) is 30.7 Å². The number of aryl methyl sites for hydroxylation is 1. The second kappa shape index (κ2) is 12.4. The molecule has 0 radical (unpaired) electrons. The molecule has 0 unspecified atom stereocenters. The van der Waals surface area contributed by atoms with Gasteiger partial charge in [0.1, 0.15) is 0 Å². The second-order valence-electron chi connectivity index (χ2n) is 5.19. The van der Waals surface area contributed by atoms with Gasteiger partial charge in [0.15, 0.2) is 0 Å². The summed E-state index contributed by atoms with van der Waals surface area (Å²) in [6.45, 7) is 0. The van der Waals surface area contributed by atoms with Gasteiger partial charge >= 0.3 is 0 Å². The lowest BCUT2D eigenvalue weighted by molar-refractivity contribution is 0.557. The van der Waals surface area contributed by atoms with Crippen LogP contribution >= 0.6 is 43.2 Å². The molecule has 0 nitrogen and oxygen atoms in total. The fraction of sp³-hybridized carbons (Fsp3) is 0.750. The summed E-state index contributed by atoms with van der Waals surface area (Å²) in [6.07, 6.45) is 15.2. The molecule has 0 aromatic carbocycles. The van der Waals surface area contributed by atoms with Gasteiger partial charge in [-0.25, -0.2) is 0 Å². The van der Waals surface area contributed by atoms with Gasteiger partial charge in [-0.15, -0.1) is 11.3 Å². The number of halogens is 2. The van der Waals surface area contributed by atoms with Crippen LogP contribution in [0.25, 0.3) is 0 Å². The number of rotatable bonds is 12. The van der Waals surface area contributed by atoms with Crippen molar-refractivity contribution in [1.82, 2.24) is 0 Å². The maximum atomic E-state index is 3.52. The van der Waals surface area contributed by atoms with E-state index in [0.717, 1.165) is 0 Å². The van der Waals surface area contributed by atoms with Crippen molar-refractivity contribution in [3.05, 3.63) is 22.4 Å². The molecule has 0 aliphatic rings. The van der Waals surface area contributed by atoms with Crippen LogP contribution < -0.4 is 0 Å². The van der Waals surface area contributed by atoms with E-state index in [1.54, 1.807) is 4.88 Å². The minimum Gasteiger partial charge on any atom is -0.149 e.